The first-order valence-corrected chi connectivity index (χ1v) is 8.47. The number of amides is 1. The molecule has 2 aliphatic carbocycles. The van der Waals surface area contributed by atoms with E-state index < -0.39 is 0 Å². The van der Waals surface area contributed by atoms with Crippen molar-refractivity contribution in [1.29, 1.82) is 0 Å². The van der Waals surface area contributed by atoms with Crippen LogP contribution in [0.2, 0.25) is 0 Å². The van der Waals surface area contributed by atoms with Gasteiger partial charge in [0.15, 0.2) is 0 Å². The molecule has 1 saturated carbocycles. The maximum absolute atomic E-state index is 11.8. The molecule has 0 saturated heterocycles. The second-order valence-electron chi connectivity index (χ2n) is 6.47. The summed E-state index contributed by atoms with van der Waals surface area (Å²) >= 11 is 0. The van der Waals surface area contributed by atoms with Crippen molar-refractivity contribution in [1.82, 2.24) is 15.2 Å². The third kappa shape index (κ3) is 3.88. The largest absolute Gasteiger partial charge is 0.353 e. The van der Waals surface area contributed by atoms with Gasteiger partial charge in [-0.25, -0.2) is 0 Å². The molecular formula is C17H27N3O. The van der Waals surface area contributed by atoms with E-state index in [9.17, 15) is 4.79 Å². The molecule has 1 aromatic heterocycles. The van der Waals surface area contributed by atoms with E-state index in [1.54, 1.807) is 0 Å². The highest BCUT2D eigenvalue weighted by molar-refractivity contribution is 5.76. The van der Waals surface area contributed by atoms with Crippen LogP contribution in [0.15, 0.2) is 12.4 Å². The van der Waals surface area contributed by atoms with Gasteiger partial charge in [0.05, 0.1) is 0 Å². The molecular weight excluding hydrogens is 262 g/mol. The predicted octanol–water partition coefficient (Wildman–Crippen LogP) is 2.53. The van der Waals surface area contributed by atoms with Crippen LogP contribution < -0.4 is 10.6 Å². The molecule has 1 amide bonds. The van der Waals surface area contributed by atoms with Crippen LogP contribution in [0.3, 0.4) is 0 Å². The Kier molecular flexibility index (Phi) is 4.63. The van der Waals surface area contributed by atoms with Gasteiger partial charge in [-0.3, -0.25) is 4.79 Å². The standard InChI is InChI=1S/C17H27N3O/c1-2-9-18-16-5-3-4-13-11-20(12-15(13)16)10-8-17(21)19-14-6-7-14/h11-12,14,16,18H,2-10H2,1H3,(H,19,21). The normalized spacial score (nSPS) is 21.1. The van der Waals surface area contributed by atoms with Crippen LogP contribution >= 0.6 is 0 Å². The maximum Gasteiger partial charge on any atom is 0.222 e. The van der Waals surface area contributed by atoms with E-state index in [2.05, 4.69) is 34.5 Å². The van der Waals surface area contributed by atoms with Crippen molar-refractivity contribution < 1.29 is 4.79 Å². The van der Waals surface area contributed by atoms with Gasteiger partial charge >= 0.3 is 0 Å². The maximum atomic E-state index is 11.8. The topological polar surface area (TPSA) is 46.1 Å². The average molecular weight is 289 g/mol. The van der Waals surface area contributed by atoms with Crippen LogP contribution in [-0.2, 0) is 17.8 Å². The van der Waals surface area contributed by atoms with Gasteiger partial charge in [-0.05, 0) is 56.2 Å². The van der Waals surface area contributed by atoms with Gasteiger partial charge in [-0.1, -0.05) is 6.92 Å². The van der Waals surface area contributed by atoms with E-state index in [0.29, 0.717) is 18.5 Å². The first kappa shape index (κ1) is 14.6. The third-order valence-corrected chi connectivity index (χ3v) is 4.49. The van der Waals surface area contributed by atoms with Crippen LogP contribution in [0.5, 0.6) is 0 Å². The second kappa shape index (κ2) is 6.65. The molecule has 2 aliphatic rings. The van der Waals surface area contributed by atoms with Crippen molar-refractivity contribution in [2.45, 2.75) is 70.5 Å². The van der Waals surface area contributed by atoms with Crippen molar-refractivity contribution in [3.63, 3.8) is 0 Å². The van der Waals surface area contributed by atoms with Gasteiger partial charge in [0, 0.05) is 37.4 Å². The van der Waals surface area contributed by atoms with E-state index in [1.165, 1.54) is 36.8 Å². The van der Waals surface area contributed by atoms with Crippen molar-refractivity contribution in [2.75, 3.05) is 6.54 Å². The smallest absolute Gasteiger partial charge is 0.222 e. The zero-order valence-corrected chi connectivity index (χ0v) is 13.0. The fraction of sp³-hybridized carbons (Fsp3) is 0.706. The van der Waals surface area contributed by atoms with Gasteiger partial charge in [0.25, 0.3) is 0 Å². The summed E-state index contributed by atoms with van der Waals surface area (Å²) in [6.07, 6.45) is 12.3. The van der Waals surface area contributed by atoms with E-state index in [0.717, 1.165) is 25.9 Å². The van der Waals surface area contributed by atoms with Gasteiger partial charge in [-0.2, -0.15) is 0 Å². The molecule has 21 heavy (non-hydrogen) atoms. The van der Waals surface area contributed by atoms with E-state index in [1.807, 2.05) is 0 Å². The summed E-state index contributed by atoms with van der Waals surface area (Å²) in [6.45, 7) is 4.09. The number of nitrogens with zero attached hydrogens (tertiary/aromatic N) is 1. The third-order valence-electron chi connectivity index (χ3n) is 4.49. The highest BCUT2D eigenvalue weighted by Crippen LogP contribution is 2.30. The predicted molar refractivity (Wildman–Crippen MR) is 84.2 cm³/mol. The summed E-state index contributed by atoms with van der Waals surface area (Å²) < 4.78 is 2.21. The molecule has 4 nitrogen and oxygen atoms in total. The fourth-order valence-corrected chi connectivity index (χ4v) is 3.17. The Bertz CT molecular complexity index is 490. The van der Waals surface area contributed by atoms with Crippen LogP contribution in [0.25, 0.3) is 0 Å². The van der Waals surface area contributed by atoms with Crippen molar-refractivity contribution in [3.05, 3.63) is 23.5 Å². The number of fused-ring (bicyclic) bond motifs is 1. The molecule has 4 heteroatoms. The minimum atomic E-state index is 0.199. The van der Waals surface area contributed by atoms with E-state index in [4.69, 9.17) is 0 Å². The Morgan fingerprint density at radius 1 is 1.33 bits per heavy atom. The van der Waals surface area contributed by atoms with Gasteiger partial charge < -0.3 is 15.2 Å². The van der Waals surface area contributed by atoms with Gasteiger partial charge in [0.1, 0.15) is 0 Å². The van der Waals surface area contributed by atoms with Crippen LogP contribution in [0.4, 0.5) is 0 Å². The molecule has 116 valence electrons. The summed E-state index contributed by atoms with van der Waals surface area (Å²) in [4.78, 5) is 11.8. The molecule has 0 radical (unpaired) electrons. The number of hydrogen-bond donors (Lipinski definition) is 2. The number of carbonyl (C=O) groups is 1. The first-order chi connectivity index (χ1) is 10.3. The number of nitrogens with one attached hydrogen (secondary N) is 2. The Balaban J connectivity index is 1.56. The van der Waals surface area contributed by atoms with Crippen molar-refractivity contribution in [3.8, 4) is 0 Å². The molecule has 0 aliphatic heterocycles. The molecule has 0 aromatic carbocycles. The molecule has 1 atom stereocenters. The van der Waals surface area contributed by atoms with Crippen LogP contribution in [0, 0.1) is 0 Å². The Hall–Kier alpha value is -1.29. The lowest BCUT2D eigenvalue weighted by Gasteiger charge is -2.23. The number of hydrogen-bond acceptors (Lipinski definition) is 2. The summed E-state index contributed by atoms with van der Waals surface area (Å²) in [5.41, 5.74) is 2.93. The average Bonchev–Trinajstić information content (AvgIpc) is 3.18. The van der Waals surface area contributed by atoms with E-state index >= 15 is 0 Å². The van der Waals surface area contributed by atoms with E-state index in [-0.39, 0.29) is 5.91 Å². The van der Waals surface area contributed by atoms with Gasteiger partial charge in [0.2, 0.25) is 5.91 Å². The number of aromatic nitrogens is 1. The zero-order chi connectivity index (χ0) is 14.7. The molecule has 1 aromatic rings. The van der Waals surface area contributed by atoms with Gasteiger partial charge in [-0.15, -0.1) is 0 Å². The lowest BCUT2D eigenvalue weighted by atomic mass is 9.91. The van der Waals surface area contributed by atoms with Crippen molar-refractivity contribution >= 4 is 5.91 Å². The molecule has 1 fully saturated rings. The Morgan fingerprint density at radius 2 is 2.19 bits per heavy atom. The molecule has 0 spiro atoms. The summed E-state index contributed by atoms with van der Waals surface area (Å²) in [7, 11) is 0. The fourth-order valence-electron chi connectivity index (χ4n) is 3.17. The highest BCUT2D eigenvalue weighted by Gasteiger charge is 2.24. The minimum absolute atomic E-state index is 0.199. The van der Waals surface area contributed by atoms with Crippen LogP contribution in [-0.4, -0.2) is 23.1 Å². The van der Waals surface area contributed by atoms with Crippen LogP contribution in [0.1, 0.15) is 62.6 Å². The lowest BCUT2D eigenvalue weighted by Crippen LogP contribution is -2.26. The minimum Gasteiger partial charge on any atom is -0.353 e. The number of carbonyl (C=O) groups excluding carboxylic acids is 1. The van der Waals surface area contributed by atoms with Crippen molar-refractivity contribution in [2.24, 2.45) is 0 Å². The first-order valence-electron chi connectivity index (χ1n) is 8.47. The number of aryl methyl sites for hydroxylation is 2. The molecule has 0 bridgehead atoms. The summed E-state index contributed by atoms with van der Waals surface area (Å²) in [6, 6.07) is 0.980. The molecule has 1 unspecified atom stereocenters. The quantitative estimate of drug-likeness (QED) is 0.810. The zero-order valence-electron chi connectivity index (χ0n) is 13.0. The lowest BCUT2D eigenvalue weighted by molar-refractivity contribution is -0.121. The Labute approximate surface area is 127 Å². The summed E-state index contributed by atoms with van der Waals surface area (Å²) in [5.74, 6) is 0.199. The molecule has 1 heterocycles. The second-order valence-corrected chi connectivity index (χ2v) is 6.47. The Morgan fingerprint density at radius 3 is 2.95 bits per heavy atom. The SMILES string of the molecule is CCCNC1CCCc2cn(CCC(=O)NC3CC3)cc21. The molecule has 2 N–H and O–H groups in total. The monoisotopic (exact) mass is 289 g/mol. The molecule has 3 rings (SSSR count). The number of rotatable bonds is 7. The summed E-state index contributed by atoms with van der Waals surface area (Å²) in [5, 5.41) is 6.71. The highest BCUT2D eigenvalue weighted by atomic mass is 16.1.